The number of nitrogens with zero attached hydrogens (tertiary/aromatic N) is 2. The van der Waals surface area contributed by atoms with Gasteiger partial charge < -0.3 is 23.3 Å². The van der Waals surface area contributed by atoms with Crippen LogP contribution in [0.25, 0.3) is 0 Å². The summed E-state index contributed by atoms with van der Waals surface area (Å²) in [6, 6.07) is 1.47. The Kier molecular flexibility index (Phi) is 5.73. The molecule has 9 heteroatoms. The molecule has 0 spiro atoms. The summed E-state index contributed by atoms with van der Waals surface area (Å²) >= 11 is 0. The van der Waals surface area contributed by atoms with Crippen LogP contribution in [-0.2, 0) is 25.3 Å². The van der Waals surface area contributed by atoms with Crippen LogP contribution in [0.15, 0.2) is 29.4 Å². The van der Waals surface area contributed by atoms with E-state index in [1.54, 1.807) is 6.20 Å². The molecule has 3 heterocycles. The third-order valence-electron chi connectivity index (χ3n) is 4.87. The molecule has 3 rings (SSSR count). The number of carbonyl (C=O) groups excluding carboxylic acids is 1. The molecule has 27 heavy (non-hydrogen) atoms. The zero-order valence-electron chi connectivity index (χ0n) is 16.0. The summed E-state index contributed by atoms with van der Waals surface area (Å²) in [5, 5.41) is 0. The number of aromatic nitrogens is 1. The normalized spacial score (nSPS) is 19.8. The minimum atomic E-state index is -0.730. The van der Waals surface area contributed by atoms with E-state index in [1.165, 1.54) is 17.7 Å². The van der Waals surface area contributed by atoms with E-state index in [0.29, 0.717) is 37.5 Å². The number of pyridine rings is 1. The lowest BCUT2D eigenvalue weighted by atomic mass is 9.79. The Hall–Kier alpha value is -2.10. The molecule has 0 saturated carbocycles. The maximum Gasteiger partial charge on any atom is 0.564 e. The fraction of sp³-hybridized carbons (Fsp3) is 0.556. The van der Waals surface area contributed by atoms with E-state index in [0.717, 1.165) is 13.1 Å². The van der Waals surface area contributed by atoms with Crippen molar-refractivity contribution in [1.29, 1.82) is 0 Å². The van der Waals surface area contributed by atoms with Crippen LogP contribution in [0.5, 0.6) is 0 Å². The highest BCUT2D eigenvalue weighted by molar-refractivity contribution is 6.62. The molecule has 0 N–H and O–H groups in total. The average molecular weight is 376 g/mol. The maximum absolute atomic E-state index is 12.7. The Morgan fingerprint density at radius 2 is 2.04 bits per heavy atom. The Labute approximate surface area is 158 Å². The van der Waals surface area contributed by atoms with Crippen LogP contribution in [0, 0.1) is 0 Å². The van der Waals surface area contributed by atoms with E-state index in [2.05, 4.69) is 11.5 Å². The first-order valence-corrected chi connectivity index (χ1v) is 8.98. The van der Waals surface area contributed by atoms with Crippen LogP contribution in [0.3, 0.4) is 0 Å². The molecule has 2 fully saturated rings. The van der Waals surface area contributed by atoms with Crippen LogP contribution in [0.1, 0.15) is 24.2 Å². The monoisotopic (exact) mass is 376 g/mol. The third kappa shape index (κ3) is 4.26. The van der Waals surface area contributed by atoms with Gasteiger partial charge in [0.25, 0.3) is 5.56 Å². The lowest BCUT2D eigenvalue weighted by molar-refractivity contribution is 0.0362. The highest BCUT2D eigenvalue weighted by atomic mass is 16.7. The van der Waals surface area contributed by atoms with Gasteiger partial charge in [-0.2, -0.15) is 0 Å². The zero-order valence-corrected chi connectivity index (χ0v) is 16.0. The zero-order chi connectivity index (χ0) is 19.6. The van der Waals surface area contributed by atoms with Gasteiger partial charge in [0.1, 0.15) is 11.2 Å². The van der Waals surface area contributed by atoms with Gasteiger partial charge in [-0.25, -0.2) is 4.79 Å². The van der Waals surface area contributed by atoms with E-state index >= 15 is 0 Å². The van der Waals surface area contributed by atoms with Crippen molar-refractivity contribution in [3.63, 3.8) is 0 Å². The average Bonchev–Trinajstić information content (AvgIpc) is 2.94. The first-order valence-electron chi connectivity index (χ1n) is 8.98. The Bertz CT molecular complexity index is 785. The van der Waals surface area contributed by atoms with E-state index in [9.17, 15) is 9.59 Å². The highest BCUT2D eigenvalue weighted by Gasteiger charge is 2.43. The number of ether oxygens (including phenoxy) is 2. The first kappa shape index (κ1) is 19.7. The quantitative estimate of drug-likeness (QED) is 0.529. The molecule has 146 valence electrons. The molecule has 2 saturated heterocycles. The summed E-state index contributed by atoms with van der Waals surface area (Å²) in [5.74, 6) is -0.184. The van der Waals surface area contributed by atoms with Crippen LogP contribution in [-0.4, -0.2) is 68.1 Å². The third-order valence-corrected chi connectivity index (χ3v) is 4.87. The number of rotatable bonds is 5. The second-order valence-corrected chi connectivity index (χ2v) is 7.13. The highest BCUT2D eigenvalue weighted by Crippen LogP contribution is 2.29. The number of esters is 1. The van der Waals surface area contributed by atoms with Gasteiger partial charge in [-0.1, -0.05) is 6.58 Å². The Balaban J connectivity index is 1.88. The molecule has 0 amide bonds. The van der Waals surface area contributed by atoms with Gasteiger partial charge >= 0.3 is 13.1 Å². The minimum absolute atomic E-state index is 0.0421. The van der Waals surface area contributed by atoms with Crippen LogP contribution < -0.4 is 11.0 Å². The molecule has 0 aliphatic carbocycles. The standard InChI is InChI=1S/C18H25BN2O6/c1-13-18(2,3)27-19(26-13)14-11-15(17(23)24-4)16(22)21(12-14)6-5-20-7-9-25-10-8-20/h11-12H,1,5-10H2,2-4H3. The predicted octanol–water partition coefficient (Wildman–Crippen LogP) is 0.00140. The molecule has 1 aromatic heterocycles. The SMILES string of the molecule is C=C1OB(c2cc(C(=O)OC)c(=O)n(CCN3CCOCC3)c2)OC1(C)C. The van der Waals surface area contributed by atoms with Crippen molar-refractivity contribution in [2.75, 3.05) is 40.0 Å². The van der Waals surface area contributed by atoms with Gasteiger partial charge in [0.2, 0.25) is 0 Å². The van der Waals surface area contributed by atoms with Gasteiger partial charge in [-0.05, 0) is 19.9 Å². The van der Waals surface area contributed by atoms with Gasteiger partial charge in [0, 0.05) is 37.8 Å². The van der Waals surface area contributed by atoms with Crippen molar-refractivity contribution >= 4 is 18.6 Å². The molecular formula is C18H25BN2O6. The molecule has 0 unspecified atom stereocenters. The van der Waals surface area contributed by atoms with Gasteiger partial charge in [0.05, 0.1) is 26.1 Å². The van der Waals surface area contributed by atoms with Crippen molar-refractivity contribution in [2.45, 2.75) is 26.0 Å². The predicted molar refractivity (Wildman–Crippen MR) is 100 cm³/mol. The van der Waals surface area contributed by atoms with E-state index in [-0.39, 0.29) is 5.56 Å². The number of methoxy groups -OCH3 is 1. The van der Waals surface area contributed by atoms with Gasteiger partial charge in [-0.15, -0.1) is 0 Å². The van der Waals surface area contributed by atoms with Gasteiger partial charge in [0.15, 0.2) is 0 Å². The molecule has 0 radical (unpaired) electrons. The van der Waals surface area contributed by atoms with E-state index in [1.807, 2.05) is 13.8 Å². The van der Waals surface area contributed by atoms with Crippen molar-refractivity contribution < 1.29 is 23.6 Å². The van der Waals surface area contributed by atoms with Crippen LogP contribution in [0.4, 0.5) is 0 Å². The second kappa shape index (κ2) is 7.88. The largest absolute Gasteiger partial charge is 0.564 e. The number of hydrogen-bond acceptors (Lipinski definition) is 7. The van der Waals surface area contributed by atoms with E-state index < -0.39 is 24.2 Å². The topological polar surface area (TPSA) is 79.2 Å². The number of hydrogen-bond donors (Lipinski definition) is 0. The summed E-state index contributed by atoms with van der Waals surface area (Å²) in [6.45, 7) is 11.7. The minimum Gasteiger partial charge on any atom is -0.534 e. The van der Waals surface area contributed by atoms with Crippen LogP contribution in [0.2, 0.25) is 0 Å². The Morgan fingerprint density at radius 3 is 2.63 bits per heavy atom. The molecule has 0 atom stereocenters. The first-order chi connectivity index (χ1) is 12.8. The van der Waals surface area contributed by atoms with E-state index in [4.69, 9.17) is 18.8 Å². The molecule has 1 aromatic rings. The maximum atomic E-state index is 12.7. The Morgan fingerprint density at radius 1 is 1.33 bits per heavy atom. The molecule has 0 bridgehead atoms. The molecule has 0 aromatic carbocycles. The summed E-state index contributed by atoms with van der Waals surface area (Å²) < 4.78 is 23.2. The lowest BCUT2D eigenvalue weighted by Gasteiger charge is -2.26. The van der Waals surface area contributed by atoms with Crippen molar-refractivity contribution in [1.82, 2.24) is 9.47 Å². The summed E-state index contributed by atoms with van der Waals surface area (Å²) in [7, 11) is 0.520. The number of carbonyl (C=O) groups is 1. The second-order valence-electron chi connectivity index (χ2n) is 7.13. The summed E-state index contributed by atoms with van der Waals surface area (Å²) in [4.78, 5) is 27.0. The smallest absolute Gasteiger partial charge is 0.534 e. The molecule has 8 nitrogen and oxygen atoms in total. The molecule has 2 aliphatic rings. The number of morpholine rings is 1. The fourth-order valence-electron chi connectivity index (χ4n) is 3.05. The van der Waals surface area contributed by atoms with Crippen LogP contribution >= 0.6 is 0 Å². The summed E-state index contributed by atoms with van der Waals surface area (Å²) in [5.41, 5.74) is -0.511. The van der Waals surface area contributed by atoms with Crippen molar-refractivity contribution in [2.24, 2.45) is 0 Å². The summed E-state index contributed by atoms with van der Waals surface area (Å²) in [6.07, 6.45) is 1.68. The molecular weight excluding hydrogens is 351 g/mol. The lowest BCUT2D eigenvalue weighted by Crippen LogP contribution is -2.43. The molecule has 2 aliphatic heterocycles. The van der Waals surface area contributed by atoms with Gasteiger partial charge in [-0.3, -0.25) is 9.69 Å². The van der Waals surface area contributed by atoms with Crippen molar-refractivity contribution in [3.8, 4) is 0 Å². The fourth-order valence-corrected chi connectivity index (χ4v) is 3.05. The van der Waals surface area contributed by atoms with Crippen molar-refractivity contribution in [3.05, 3.63) is 40.5 Å².